The molecule has 0 aromatic heterocycles. The Balaban J connectivity index is 1.39. The molecule has 5 atom stereocenters. The minimum Gasteiger partial charge on any atom is -0.487 e. The first-order valence-electron chi connectivity index (χ1n) is 12.5. The molecule has 4 aliphatic rings. The molecular weight excluding hydrogens is 440 g/mol. The fourth-order valence-electron chi connectivity index (χ4n) is 7.24. The number of nitrogens with zero attached hydrogens (tertiary/aromatic N) is 2. The molecule has 6 rings (SSSR count). The lowest BCUT2D eigenvalue weighted by Gasteiger charge is -2.59. The Labute approximate surface area is 206 Å². The van der Waals surface area contributed by atoms with Crippen LogP contribution in [0.1, 0.15) is 42.9 Å². The van der Waals surface area contributed by atoms with Crippen LogP contribution in [0.4, 0.5) is 0 Å². The molecule has 2 bridgehead atoms. The van der Waals surface area contributed by atoms with Gasteiger partial charge in [0.1, 0.15) is 17.6 Å². The number of piperidine rings is 1. The largest absolute Gasteiger partial charge is 0.487 e. The Kier molecular flexibility index (Phi) is 5.16. The number of carbonyl (C=O) groups excluding carboxylic acids is 2. The molecule has 2 aromatic rings. The van der Waals surface area contributed by atoms with Gasteiger partial charge in [-0.15, -0.1) is 0 Å². The van der Waals surface area contributed by atoms with Crippen molar-refractivity contribution in [2.75, 3.05) is 20.6 Å². The zero-order valence-electron chi connectivity index (χ0n) is 20.4. The number of likely N-dealkylation sites (N-methyl/N-ethyl adjacent to an activating group) is 2. The lowest BCUT2D eigenvalue weighted by atomic mass is 9.51. The zero-order chi connectivity index (χ0) is 24.3. The van der Waals surface area contributed by atoms with Crippen LogP contribution in [0.2, 0.25) is 0 Å². The highest BCUT2D eigenvalue weighted by Crippen LogP contribution is 2.63. The van der Waals surface area contributed by atoms with Gasteiger partial charge in [0.2, 0.25) is 0 Å². The van der Waals surface area contributed by atoms with Crippen LogP contribution in [0, 0.1) is 17.8 Å². The van der Waals surface area contributed by atoms with Crippen molar-refractivity contribution in [1.29, 1.82) is 0 Å². The molecule has 2 aromatic carbocycles. The van der Waals surface area contributed by atoms with Gasteiger partial charge in [0.25, 0.3) is 5.91 Å². The molecule has 2 heterocycles. The number of hydrogen-bond donors (Lipinski definition) is 0. The van der Waals surface area contributed by atoms with Crippen LogP contribution in [0.3, 0.4) is 0 Å². The van der Waals surface area contributed by atoms with Crippen molar-refractivity contribution in [3.63, 3.8) is 0 Å². The third-order valence-corrected chi connectivity index (χ3v) is 8.72. The van der Waals surface area contributed by atoms with E-state index in [0.29, 0.717) is 17.7 Å². The number of rotatable bonds is 2. The first kappa shape index (κ1) is 22.2. The quantitative estimate of drug-likeness (QED) is 0.383. The van der Waals surface area contributed by atoms with E-state index in [0.717, 1.165) is 49.1 Å². The fraction of sp³-hybridized carbons (Fsp3) is 0.448. The standard InChI is InChI=1S/C29H30N2O4/c1-18(32)34-24-12-13-25-27-20(24)17-23-21-10-11-22(28(35-25)29(21,27)15-16-30(23)2)31(3)26(33)14-9-19-7-5-4-6-8-19/h4-8,12-13,21-23,28H,10-11,15-17H2,1-3H3/t21-,22-,23+,28-,29-/m0/s1. The SMILES string of the molecule is CC(=O)Oc1ccc2c3c1C[C@@H]1[C@@H]4CC[C@H](N(C)C(=O)C#Cc5ccccc5)[C@H](O2)[C@]34CCN1C. The Morgan fingerprint density at radius 1 is 1.17 bits per heavy atom. The average molecular weight is 471 g/mol. The van der Waals surface area contributed by atoms with Crippen LogP contribution < -0.4 is 9.47 Å². The van der Waals surface area contributed by atoms with Crippen molar-refractivity contribution >= 4 is 11.9 Å². The number of likely N-dealkylation sites (tertiary alicyclic amines) is 1. The smallest absolute Gasteiger partial charge is 0.308 e. The van der Waals surface area contributed by atoms with Crippen molar-refractivity contribution in [2.24, 2.45) is 5.92 Å². The number of carbonyl (C=O) groups is 2. The molecule has 2 aliphatic heterocycles. The van der Waals surface area contributed by atoms with Crippen molar-refractivity contribution in [3.8, 4) is 23.3 Å². The van der Waals surface area contributed by atoms with Gasteiger partial charge in [-0.3, -0.25) is 9.59 Å². The van der Waals surface area contributed by atoms with Crippen molar-refractivity contribution in [3.05, 3.63) is 59.2 Å². The van der Waals surface area contributed by atoms with E-state index in [1.165, 1.54) is 12.5 Å². The maximum atomic E-state index is 13.2. The molecule has 1 amide bonds. The molecule has 6 nitrogen and oxygen atoms in total. The van der Waals surface area contributed by atoms with Crippen LogP contribution in [-0.2, 0) is 21.4 Å². The van der Waals surface area contributed by atoms with Gasteiger partial charge in [-0.2, -0.15) is 0 Å². The molecule has 1 saturated carbocycles. The Morgan fingerprint density at radius 3 is 2.74 bits per heavy atom. The summed E-state index contributed by atoms with van der Waals surface area (Å²) < 4.78 is 12.4. The summed E-state index contributed by atoms with van der Waals surface area (Å²) in [5.74, 6) is 7.34. The molecule has 0 unspecified atom stereocenters. The fourth-order valence-corrected chi connectivity index (χ4v) is 7.24. The van der Waals surface area contributed by atoms with E-state index in [9.17, 15) is 9.59 Å². The van der Waals surface area contributed by atoms with E-state index in [-0.39, 0.29) is 29.4 Å². The van der Waals surface area contributed by atoms with E-state index in [1.54, 1.807) is 4.90 Å². The van der Waals surface area contributed by atoms with Crippen molar-refractivity contribution in [2.45, 2.75) is 56.2 Å². The van der Waals surface area contributed by atoms with Crippen molar-refractivity contribution < 1.29 is 19.1 Å². The van der Waals surface area contributed by atoms with E-state index in [4.69, 9.17) is 9.47 Å². The lowest BCUT2D eigenvalue weighted by Crippen LogP contribution is -2.68. The summed E-state index contributed by atoms with van der Waals surface area (Å²) in [5.41, 5.74) is 2.97. The van der Waals surface area contributed by atoms with Crippen molar-refractivity contribution in [1.82, 2.24) is 9.80 Å². The Morgan fingerprint density at radius 2 is 1.97 bits per heavy atom. The normalized spacial score (nSPS) is 29.8. The lowest BCUT2D eigenvalue weighted by molar-refractivity contribution is -0.134. The van der Waals surface area contributed by atoms with Crippen LogP contribution >= 0.6 is 0 Å². The topological polar surface area (TPSA) is 59.1 Å². The molecule has 6 heteroatoms. The van der Waals surface area contributed by atoms with Gasteiger partial charge in [-0.1, -0.05) is 24.1 Å². The molecule has 2 fully saturated rings. The van der Waals surface area contributed by atoms with Crippen LogP contribution in [0.25, 0.3) is 0 Å². The minimum absolute atomic E-state index is 0.0663. The molecule has 0 N–H and O–H groups in total. The van der Waals surface area contributed by atoms with E-state index in [1.807, 2.05) is 49.5 Å². The predicted molar refractivity (Wildman–Crippen MR) is 131 cm³/mol. The van der Waals surface area contributed by atoms with Gasteiger partial charge in [-0.05, 0) is 69.5 Å². The average Bonchev–Trinajstić information content (AvgIpc) is 3.19. The maximum Gasteiger partial charge on any atom is 0.308 e. The van der Waals surface area contributed by atoms with Gasteiger partial charge >= 0.3 is 5.97 Å². The van der Waals surface area contributed by atoms with E-state index in [2.05, 4.69) is 23.8 Å². The summed E-state index contributed by atoms with van der Waals surface area (Å²) in [6, 6.07) is 13.7. The molecule has 180 valence electrons. The molecular formula is C29H30N2O4. The monoisotopic (exact) mass is 470 g/mol. The predicted octanol–water partition coefficient (Wildman–Crippen LogP) is 3.16. The highest BCUT2D eigenvalue weighted by atomic mass is 16.5. The van der Waals surface area contributed by atoms with Gasteiger partial charge < -0.3 is 19.3 Å². The molecule has 1 saturated heterocycles. The number of ether oxygens (including phenoxy) is 2. The number of amides is 1. The van der Waals surface area contributed by atoms with Gasteiger partial charge in [0.15, 0.2) is 0 Å². The number of benzene rings is 2. The molecule has 35 heavy (non-hydrogen) atoms. The second-order valence-corrected chi connectivity index (χ2v) is 10.4. The number of hydrogen-bond acceptors (Lipinski definition) is 5. The minimum atomic E-state index is -0.307. The van der Waals surface area contributed by atoms with Crippen LogP contribution in [0.5, 0.6) is 11.5 Å². The van der Waals surface area contributed by atoms with E-state index < -0.39 is 0 Å². The first-order valence-corrected chi connectivity index (χ1v) is 12.5. The Hall–Kier alpha value is -3.30. The summed E-state index contributed by atoms with van der Waals surface area (Å²) in [4.78, 5) is 29.3. The van der Waals surface area contributed by atoms with Crippen LogP contribution in [0.15, 0.2) is 42.5 Å². The van der Waals surface area contributed by atoms with Gasteiger partial charge in [0, 0.05) is 48.0 Å². The Bertz CT molecular complexity index is 1260. The maximum absolute atomic E-state index is 13.2. The van der Waals surface area contributed by atoms with Gasteiger partial charge in [0.05, 0.1) is 6.04 Å². The summed E-state index contributed by atoms with van der Waals surface area (Å²) >= 11 is 0. The highest BCUT2D eigenvalue weighted by Gasteiger charge is 2.66. The van der Waals surface area contributed by atoms with E-state index >= 15 is 0 Å². The number of esters is 1. The zero-order valence-corrected chi connectivity index (χ0v) is 20.4. The molecule has 2 aliphatic carbocycles. The highest BCUT2D eigenvalue weighted by molar-refractivity contribution is 5.94. The second kappa shape index (κ2) is 8.13. The molecule has 1 spiro atoms. The van der Waals surface area contributed by atoms with Gasteiger partial charge in [-0.25, -0.2) is 0 Å². The summed E-state index contributed by atoms with van der Waals surface area (Å²) in [6.07, 6.45) is 3.60. The summed E-state index contributed by atoms with van der Waals surface area (Å²) in [5, 5.41) is 0. The molecule has 0 radical (unpaired) electrons. The third-order valence-electron chi connectivity index (χ3n) is 8.72. The summed E-state index contributed by atoms with van der Waals surface area (Å²) in [7, 11) is 4.06. The third kappa shape index (κ3) is 3.29. The summed E-state index contributed by atoms with van der Waals surface area (Å²) in [6.45, 7) is 2.43. The second-order valence-electron chi connectivity index (χ2n) is 10.4. The van der Waals surface area contributed by atoms with Crippen LogP contribution in [-0.4, -0.2) is 60.5 Å². The first-order chi connectivity index (χ1) is 16.9.